The van der Waals surface area contributed by atoms with Crippen molar-refractivity contribution in [2.24, 2.45) is 4.99 Å². The van der Waals surface area contributed by atoms with Crippen LogP contribution in [0.1, 0.15) is 20.3 Å². The minimum atomic E-state index is -3.39. The van der Waals surface area contributed by atoms with Gasteiger partial charge in [0, 0.05) is 39.3 Å². The minimum absolute atomic E-state index is 0.00464. The van der Waals surface area contributed by atoms with Crippen molar-refractivity contribution in [3.05, 3.63) is 30.3 Å². The molecule has 1 fully saturated rings. The first kappa shape index (κ1) is 22.0. The fourth-order valence-corrected chi connectivity index (χ4v) is 4.66. The maximum absolute atomic E-state index is 12.7. The molecule has 1 aromatic rings. The number of hydrogen-bond donors (Lipinski definition) is 1. The van der Waals surface area contributed by atoms with Crippen molar-refractivity contribution in [1.82, 2.24) is 15.1 Å². The van der Waals surface area contributed by atoms with E-state index in [1.165, 1.54) is 0 Å². The lowest BCUT2D eigenvalue weighted by atomic mass is 10.2. The third-order valence-electron chi connectivity index (χ3n) is 4.67. The molecule has 1 amide bonds. The molecule has 1 aliphatic heterocycles. The topological polar surface area (TPSA) is 91.3 Å². The molecule has 8 nitrogen and oxygen atoms in total. The summed E-state index contributed by atoms with van der Waals surface area (Å²) in [7, 11) is -1.71. The molecule has 1 heterocycles. The summed E-state index contributed by atoms with van der Waals surface area (Å²) in [6.45, 7) is 6.40. The number of benzene rings is 1. The van der Waals surface area contributed by atoms with Gasteiger partial charge in [-0.2, -0.15) is 0 Å². The summed E-state index contributed by atoms with van der Waals surface area (Å²) in [4.78, 5) is 20.2. The third-order valence-corrected chi connectivity index (χ3v) is 6.50. The fraction of sp³-hybridized carbons (Fsp3) is 0.579. The van der Waals surface area contributed by atoms with Gasteiger partial charge in [0.1, 0.15) is 0 Å². The van der Waals surface area contributed by atoms with Gasteiger partial charge < -0.3 is 19.9 Å². The number of nitrogens with one attached hydrogen (secondary N) is 1. The predicted molar refractivity (Wildman–Crippen MR) is 109 cm³/mol. The molecule has 156 valence electrons. The Labute approximate surface area is 167 Å². The van der Waals surface area contributed by atoms with Gasteiger partial charge in [-0.05, 0) is 25.5 Å². The summed E-state index contributed by atoms with van der Waals surface area (Å²) in [6.07, 6.45) is 0.346. The summed E-state index contributed by atoms with van der Waals surface area (Å²) in [5.41, 5.74) is 0. The molecular formula is C19H30N4O4S. The van der Waals surface area contributed by atoms with Gasteiger partial charge >= 0.3 is 6.09 Å². The van der Waals surface area contributed by atoms with Crippen LogP contribution >= 0.6 is 0 Å². The Bertz CT molecular complexity index is 759. The summed E-state index contributed by atoms with van der Waals surface area (Å²) < 4.78 is 30.4. The van der Waals surface area contributed by atoms with Crippen LogP contribution in [-0.2, 0) is 14.6 Å². The number of ether oxygens (including phenoxy) is 1. The molecule has 28 heavy (non-hydrogen) atoms. The SMILES string of the molecule is CCOC(=O)N1CCN(C(=NC)NC(CC)CS(=O)(=O)c2ccccc2)CC1. The van der Waals surface area contributed by atoms with Crippen LogP contribution in [0.4, 0.5) is 4.79 Å². The van der Waals surface area contributed by atoms with Gasteiger partial charge in [0.25, 0.3) is 0 Å². The Kier molecular flexibility index (Phi) is 8.10. The van der Waals surface area contributed by atoms with E-state index < -0.39 is 9.84 Å². The van der Waals surface area contributed by atoms with Gasteiger partial charge in [-0.3, -0.25) is 4.99 Å². The second-order valence-electron chi connectivity index (χ2n) is 6.56. The lowest BCUT2D eigenvalue weighted by molar-refractivity contribution is 0.0913. The van der Waals surface area contributed by atoms with E-state index in [9.17, 15) is 13.2 Å². The highest BCUT2D eigenvalue weighted by molar-refractivity contribution is 7.91. The van der Waals surface area contributed by atoms with Crippen molar-refractivity contribution in [3.63, 3.8) is 0 Å². The average Bonchev–Trinajstić information content (AvgIpc) is 2.72. The van der Waals surface area contributed by atoms with Crippen molar-refractivity contribution >= 4 is 21.9 Å². The van der Waals surface area contributed by atoms with E-state index in [1.807, 2.05) is 11.8 Å². The Morgan fingerprint density at radius 1 is 1.14 bits per heavy atom. The number of carbonyl (C=O) groups excluding carboxylic acids is 1. The minimum Gasteiger partial charge on any atom is -0.450 e. The zero-order valence-corrected chi connectivity index (χ0v) is 17.6. The normalized spacial score (nSPS) is 16.6. The standard InChI is InChI=1S/C19H30N4O4S/c1-4-16(15-28(25,26)17-9-7-6-8-10-17)21-18(20-3)22-11-13-23(14-12-22)19(24)27-5-2/h6-10,16H,4-5,11-15H2,1-3H3,(H,20,21). The van der Waals surface area contributed by atoms with Crippen LogP contribution in [0.25, 0.3) is 0 Å². The first-order valence-corrected chi connectivity index (χ1v) is 11.2. The molecular weight excluding hydrogens is 380 g/mol. The average molecular weight is 411 g/mol. The van der Waals surface area contributed by atoms with Crippen LogP contribution in [0.2, 0.25) is 0 Å². The van der Waals surface area contributed by atoms with Gasteiger partial charge in [0.15, 0.2) is 15.8 Å². The third kappa shape index (κ3) is 5.85. The Morgan fingerprint density at radius 2 is 1.75 bits per heavy atom. The molecule has 9 heteroatoms. The lowest BCUT2D eigenvalue weighted by Crippen LogP contribution is -2.55. The van der Waals surface area contributed by atoms with E-state index in [1.54, 1.807) is 49.2 Å². The number of carbonyl (C=O) groups is 1. The molecule has 0 spiro atoms. The highest BCUT2D eigenvalue weighted by atomic mass is 32.2. The van der Waals surface area contributed by atoms with Crippen molar-refractivity contribution in [1.29, 1.82) is 0 Å². The summed E-state index contributed by atoms with van der Waals surface area (Å²) in [5.74, 6) is 0.647. The summed E-state index contributed by atoms with van der Waals surface area (Å²) >= 11 is 0. The largest absolute Gasteiger partial charge is 0.450 e. The Hall–Kier alpha value is -2.29. The van der Waals surface area contributed by atoms with Crippen molar-refractivity contribution in [2.75, 3.05) is 45.6 Å². The highest BCUT2D eigenvalue weighted by Crippen LogP contribution is 2.13. The van der Waals surface area contributed by atoms with Crippen molar-refractivity contribution < 1.29 is 17.9 Å². The molecule has 2 rings (SSSR count). The van der Waals surface area contributed by atoms with Gasteiger partial charge in [0.05, 0.1) is 17.3 Å². The molecule has 0 aliphatic carbocycles. The fourth-order valence-electron chi connectivity index (χ4n) is 3.05. The highest BCUT2D eigenvalue weighted by Gasteiger charge is 2.26. The number of sulfone groups is 1. The van der Waals surface area contributed by atoms with Gasteiger partial charge in [-0.25, -0.2) is 13.2 Å². The van der Waals surface area contributed by atoms with E-state index in [4.69, 9.17) is 4.74 Å². The molecule has 1 unspecified atom stereocenters. The molecule has 0 bridgehead atoms. The predicted octanol–water partition coefficient (Wildman–Crippen LogP) is 1.59. The van der Waals surface area contributed by atoms with Gasteiger partial charge in [-0.1, -0.05) is 25.1 Å². The van der Waals surface area contributed by atoms with E-state index in [2.05, 4.69) is 10.3 Å². The van der Waals surface area contributed by atoms with Gasteiger partial charge in [0.2, 0.25) is 0 Å². The van der Waals surface area contributed by atoms with Crippen LogP contribution < -0.4 is 5.32 Å². The smallest absolute Gasteiger partial charge is 0.409 e. The number of amides is 1. The van der Waals surface area contributed by atoms with E-state index in [0.29, 0.717) is 50.1 Å². The van der Waals surface area contributed by atoms with Crippen LogP contribution in [0.3, 0.4) is 0 Å². The molecule has 1 N–H and O–H groups in total. The molecule has 1 atom stereocenters. The van der Waals surface area contributed by atoms with Crippen LogP contribution in [-0.4, -0.2) is 81.9 Å². The number of hydrogen-bond acceptors (Lipinski definition) is 5. The molecule has 1 aliphatic rings. The Morgan fingerprint density at radius 3 is 2.29 bits per heavy atom. The number of nitrogens with zero attached hydrogens (tertiary/aromatic N) is 3. The first-order valence-electron chi connectivity index (χ1n) is 9.59. The maximum Gasteiger partial charge on any atom is 0.409 e. The van der Waals surface area contributed by atoms with Crippen LogP contribution in [0.15, 0.2) is 40.2 Å². The van der Waals surface area contributed by atoms with E-state index >= 15 is 0 Å². The Balaban J connectivity index is 1.97. The van der Waals surface area contributed by atoms with Gasteiger partial charge in [-0.15, -0.1) is 0 Å². The molecule has 1 saturated heterocycles. The second kappa shape index (κ2) is 10.3. The lowest BCUT2D eigenvalue weighted by Gasteiger charge is -2.36. The monoisotopic (exact) mass is 410 g/mol. The van der Waals surface area contributed by atoms with E-state index in [-0.39, 0.29) is 17.9 Å². The number of piperazine rings is 1. The zero-order valence-electron chi connectivity index (χ0n) is 16.8. The first-order chi connectivity index (χ1) is 13.4. The van der Waals surface area contributed by atoms with E-state index in [0.717, 1.165) is 0 Å². The zero-order chi connectivity index (χ0) is 20.6. The maximum atomic E-state index is 12.7. The van der Waals surface area contributed by atoms with Crippen LogP contribution in [0.5, 0.6) is 0 Å². The quantitative estimate of drug-likeness (QED) is 0.566. The summed E-state index contributed by atoms with van der Waals surface area (Å²) in [5, 5.41) is 3.28. The molecule has 0 saturated carbocycles. The number of rotatable bonds is 6. The van der Waals surface area contributed by atoms with Crippen molar-refractivity contribution in [2.45, 2.75) is 31.2 Å². The number of aliphatic imine (C=N–C) groups is 1. The molecule has 1 aromatic carbocycles. The van der Waals surface area contributed by atoms with Crippen LogP contribution in [0, 0.1) is 0 Å². The number of guanidine groups is 1. The second-order valence-corrected chi connectivity index (χ2v) is 8.60. The molecule has 0 aromatic heterocycles. The summed E-state index contributed by atoms with van der Waals surface area (Å²) in [6, 6.07) is 8.22. The molecule has 0 radical (unpaired) electrons. The van der Waals surface area contributed by atoms with Crippen molar-refractivity contribution in [3.8, 4) is 0 Å².